The minimum Gasteiger partial charge on any atom is -0.490 e. The van der Waals surface area contributed by atoms with Crippen LogP contribution in [0.4, 0.5) is 5.13 Å². The van der Waals surface area contributed by atoms with E-state index in [9.17, 15) is 4.79 Å². The summed E-state index contributed by atoms with van der Waals surface area (Å²) in [5, 5.41) is 16.0. The van der Waals surface area contributed by atoms with Crippen LogP contribution >= 0.6 is 11.3 Å². The lowest BCUT2D eigenvalue weighted by atomic mass is 10.1. The maximum Gasteiger partial charge on any atom is 0.279 e. The third-order valence-electron chi connectivity index (χ3n) is 4.07. The second-order valence-electron chi connectivity index (χ2n) is 6.24. The Morgan fingerprint density at radius 2 is 2.23 bits per heavy atom. The number of carbonyl (C=O) groups excluding carboxylic acids is 1. The normalized spacial score (nSPS) is 15.5. The zero-order valence-electron chi connectivity index (χ0n) is 14.5. The van der Waals surface area contributed by atoms with E-state index in [0.717, 1.165) is 41.1 Å². The minimum absolute atomic E-state index is 0.181. The predicted octanol–water partition coefficient (Wildman–Crippen LogP) is 3.72. The van der Waals surface area contributed by atoms with Crippen LogP contribution in [-0.2, 0) is 12.8 Å². The van der Waals surface area contributed by atoms with Crippen LogP contribution in [-0.4, -0.2) is 27.4 Å². The van der Waals surface area contributed by atoms with Crippen molar-refractivity contribution in [2.45, 2.75) is 39.2 Å². The summed E-state index contributed by atoms with van der Waals surface area (Å²) in [6, 6.07) is 7.47. The van der Waals surface area contributed by atoms with Crippen LogP contribution in [0.3, 0.4) is 0 Å². The second kappa shape index (κ2) is 6.87. The van der Waals surface area contributed by atoms with Gasteiger partial charge in [-0.1, -0.05) is 23.4 Å². The molecule has 3 heterocycles. The summed E-state index contributed by atoms with van der Waals surface area (Å²) in [4.78, 5) is 12.3. The molecule has 134 valence electrons. The predicted molar refractivity (Wildman–Crippen MR) is 97.6 cm³/mol. The van der Waals surface area contributed by atoms with Crippen LogP contribution in [0.5, 0.6) is 5.75 Å². The molecule has 1 aliphatic rings. The van der Waals surface area contributed by atoms with E-state index in [-0.39, 0.29) is 17.7 Å². The molecule has 26 heavy (non-hydrogen) atoms. The molecule has 7 nitrogen and oxygen atoms in total. The van der Waals surface area contributed by atoms with Gasteiger partial charge in [-0.15, -0.1) is 10.2 Å². The number of aryl methyl sites for hydroxylation is 1. The number of anilines is 1. The van der Waals surface area contributed by atoms with Gasteiger partial charge in [0.15, 0.2) is 11.5 Å². The average Bonchev–Trinajstić information content (AvgIpc) is 3.33. The van der Waals surface area contributed by atoms with E-state index in [1.54, 1.807) is 6.07 Å². The van der Waals surface area contributed by atoms with Crippen molar-refractivity contribution in [1.29, 1.82) is 0 Å². The number of nitrogens with one attached hydrogen (secondary N) is 1. The summed E-state index contributed by atoms with van der Waals surface area (Å²) in [5.41, 5.74) is 2.21. The van der Waals surface area contributed by atoms with Gasteiger partial charge >= 0.3 is 0 Å². The second-order valence-corrected chi connectivity index (χ2v) is 7.30. The van der Waals surface area contributed by atoms with Gasteiger partial charge in [-0.2, -0.15) is 0 Å². The zero-order chi connectivity index (χ0) is 18.1. The van der Waals surface area contributed by atoms with Crippen LogP contribution in [0.25, 0.3) is 11.3 Å². The molecular weight excluding hydrogens is 352 g/mol. The summed E-state index contributed by atoms with van der Waals surface area (Å²) in [7, 11) is 0. The first kappa shape index (κ1) is 16.7. The molecule has 0 saturated carbocycles. The highest BCUT2D eigenvalue weighted by Crippen LogP contribution is 2.33. The number of amides is 1. The van der Waals surface area contributed by atoms with Gasteiger partial charge in [0, 0.05) is 24.5 Å². The molecule has 0 spiro atoms. The summed E-state index contributed by atoms with van der Waals surface area (Å²) in [6.07, 6.45) is 2.88. The van der Waals surface area contributed by atoms with Crippen molar-refractivity contribution in [2.75, 3.05) is 5.32 Å². The summed E-state index contributed by atoms with van der Waals surface area (Å²) in [5.74, 6) is 1.08. The van der Waals surface area contributed by atoms with Crippen LogP contribution in [0.2, 0.25) is 0 Å². The van der Waals surface area contributed by atoms with E-state index >= 15 is 0 Å². The van der Waals surface area contributed by atoms with Gasteiger partial charge < -0.3 is 9.26 Å². The quantitative estimate of drug-likeness (QED) is 0.736. The fourth-order valence-corrected chi connectivity index (χ4v) is 3.71. The number of carbonyl (C=O) groups is 1. The molecule has 0 fully saturated rings. The molecule has 4 rings (SSSR count). The molecule has 1 unspecified atom stereocenters. The number of rotatable bonds is 5. The largest absolute Gasteiger partial charge is 0.490 e. The van der Waals surface area contributed by atoms with E-state index < -0.39 is 0 Å². The number of hydrogen-bond acceptors (Lipinski definition) is 7. The Morgan fingerprint density at radius 1 is 1.35 bits per heavy atom. The van der Waals surface area contributed by atoms with Gasteiger partial charge in [-0.25, -0.2) is 0 Å². The zero-order valence-corrected chi connectivity index (χ0v) is 15.3. The number of fused-ring (bicyclic) bond motifs is 1. The molecule has 1 N–H and O–H groups in total. The van der Waals surface area contributed by atoms with E-state index in [0.29, 0.717) is 10.9 Å². The molecule has 1 amide bonds. The van der Waals surface area contributed by atoms with Crippen LogP contribution in [0.1, 0.15) is 41.3 Å². The van der Waals surface area contributed by atoms with Crippen LogP contribution in [0, 0.1) is 0 Å². The van der Waals surface area contributed by atoms with Crippen molar-refractivity contribution < 1.29 is 14.1 Å². The van der Waals surface area contributed by atoms with Gasteiger partial charge in [0.2, 0.25) is 5.13 Å². The monoisotopic (exact) mass is 370 g/mol. The molecular formula is C18H18N4O3S. The molecule has 8 heteroatoms. The number of nitrogens with zero attached hydrogens (tertiary/aromatic N) is 3. The Kier molecular flexibility index (Phi) is 4.42. The van der Waals surface area contributed by atoms with Gasteiger partial charge in [-0.3, -0.25) is 10.1 Å². The number of aromatic nitrogens is 3. The molecule has 0 radical (unpaired) electrons. The maximum atomic E-state index is 12.3. The molecule has 0 bridgehead atoms. The first-order valence-electron chi connectivity index (χ1n) is 8.52. The number of ether oxygens (including phenoxy) is 1. The number of benzene rings is 1. The third-order valence-corrected chi connectivity index (χ3v) is 4.97. The van der Waals surface area contributed by atoms with E-state index in [1.165, 1.54) is 11.3 Å². The highest BCUT2D eigenvalue weighted by Gasteiger charge is 2.21. The van der Waals surface area contributed by atoms with Crippen molar-refractivity contribution in [3.63, 3.8) is 0 Å². The Labute approximate surface area is 154 Å². The van der Waals surface area contributed by atoms with E-state index in [4.69, 9.17) is 9.26 Å². The lowest BCUT2D eigenvalue weighted by molar-refractivity contribution is 0.101. The Morgan fingerprint density at radius 3 is 3.08 bits per heavy atom. The van der Waals surface area contributed by atoms with Crippen molar-refractivity contribution in [1.82, 2.24) is 15.4 Å². The smallest absolute Gasteiger partial charge is 0.279 e. The van der Waals surface area contributed by atoms with Crippen molar-refractivity contribution in [2.24, 2.45) is 0 Å². The van der Waals surface area contributed by atoms with Gasteiger partial charge in [-0.05, 0) is 37.1 Å². The maximum absolute atomic E-state index is 12.3. The van der Waals surface area contributed by atoms with Gasteiger partial charge in [0.25, 0.3) is 5.91 Å². The SMILES string of the molecule is CCCc1nnc(NC(=O)c2cc(-c3ccc4c(c3)CC(C)O4)on2)s1. The average molecular weight is 370 g/mol. The standard InChI is InChI=1S/C18H18N4O3S/c1-3-4-16-20-21-18(26-16)19-17(23)13-9-15(25-22-13)11-5-6-14-12(8-11)7-10(2)24-14/h5-6,8-10H,3-4,7H2,1-2H3,(H,19,21,23). The van der Waals surface area contributed by atoms with E-state index in [1.807, 2.05) is 25.1 Å². The molecule has 1 atom stereocenters. The lowest BCUT2D eigenvalue weighted by Crippen LogP contribution is -2.11. The fourth-order valence-electron chi connectivity index (χ4n) is 2.87. The van der Waals surface area contributed by atoms with Gasteiger partial charge in [0.1, 0.15) is 16.9 Å². The molecule has 0 saturated heterocycles. The highest BCUT2D eigenvalue weighted by molar-refractivity contribution is 7.15. The third kappa shape index (κ3) is 3.32. The van der Waals surface area contributed by atoms with Gasteiger partial charge in [0.05, 0.1) is 0 Å². The Balaban J connectivity index is 1.49. The molecule has 1 aromatic carbocycles. The Bertz CT molecular complexity index is 950. The van der Waals surface area contributed by atoms with Crippen LogP contribution < -0.4 is 10.1 Å². The van der Waals surface area contributed by atoms with Crippen molar-refractivity contribution >= 4 is 22.4 Å². The first-order valence-corrected chi connectivity index (χ1v) is 9.34. The summed E-state index contributed by atoms with van der Waals surface area (Å²) >= 11 is 1.37. The highest BCUT2D eigenvalue weighted by atomic mass is 32.1. The minimum atomic E-state index is -0.364. The van der Waals surface area contributed by atoms with E-state index in [2.05, 4.69) is 27.6 Å². The Hall–Kier alpha value is -2.74. The molecule has 2 aromatic heterocycles. The number of hydrogen-bond donors (Lipinski definition) is 1. The van der Waals surface area contributed by atoms with Crippen molar-refractivity contribution in [3.8, 4) is 17.1 Å². The van der Waals surface area contributed by atoms with Crippen molar-refractivity contribution in [3.05, 3.63) is 40.5 Å². The summed E-state index contributed by atoms with van der Waals surface area (Å²) < 4.78 is 11.1. The topological polar surface area (TPSA) is 90.1 Å². The molecule has 3 aromatic rings. The first-order chi connectivity index (χ1) is 12.6. The summed E-state index contributed by atoms with van der Waals surface area (Å²) in [6.45, 7) is 4.11. The van der Waals surface area contributed by atoms with Crippen LogP contribution in [0.15, 0.2) is 28.8 Å². The fraction of sp³-hybridized carbons (Fsp3) is 0.333. The molecule has 0 aliphatic carbocycles. The lowest BCUT2D eigenvalue weighted by Gasteiger charge is -2.02. The molecule has 1 aliphatic heterocycles.